The highest BCUT2D eigenvalue weighted by molar-refractivity contribution is 7.92. The number of carbonyl (C=O) groups is 4. The third-order valence-electron chi connectivity index (χ3n) is 9.79. The summed E-state index contributed by atoms with van der Waals surface area (Å²) in [6.45, 7) is 4.83. The van der Waals surface area contributed by atoms with E-state index in [0.29, 0.717) is 6.07 Å². The van der Waals surface area contributed by atoms with Gasteiger partial charge < -0.3 is 30.7 Å². The van der Waals surface area contributed by atoms with Gasteiger partial charge in [0.2, 0.25) is 21.8 Å². The van der Waals surface area contributed by atoms with Crippen LogP contribution in [0.25, 0.3) is 10.4 Å². The Kier molecular flexibility index (Phi) is 17.3. The van der Waals surface area contributed by atoms with E-state index in [0.717, 1.165) is 33.8 Å². The summed E-state index contributed by atoms with van der Waals surface area (Å²) in [6, 6.07) is 20.1. The average Bonchev–Trinajstić information content (AvgIpc) is 3.24. The number of benzene rings is 4. The zero-order chi connectivity index (χ0) is 45.6. The summed E-state index contributed by atoms with van der Waals surface area (Å²) in [6.07, 6.45) is -0.850. The van der Waals surface area contributed by atoms with E-state index in [-0.39, 0.29) is 35.0 Å². The normalized spacial score (nSPS) is 13.6. The molecule has 5 atom stereocenters. The highest BCUT2D eigenvalue weighted by Gasteiger charge is 2.33. The zero-order valence-electron chi connectivity index (χ0n) is 35.0. The van der Waals surface area contributed by atoms with Gasteiger partial charge in [0, 0.05) is 54.9 Å². The van der Waals surface area contributed by atoms with Crippen LogP contribution >= 0.6 is 0 Å². The van der Waals surface area contributed by atoms with Crippen LogP contribution in [0.4, 0.5) is 14.5 Å². The van der Waals surface area contributed by atoms with Gasteiger partial charge in [-0.3, -0.25) is 23.5 Å². The van der Waals surface area contributed by atoms with Gasteiger partial charge in [0.25, 0.3) is 11.8 Å². The molecular weight excluding hydrogens is 827 g/mol. The van der Waals surface area contributed by atoms with Gasteiger partial charge in [-0.25, -0.2) is 17.2 Å². The van der Waals surface area contributed by atoms with Gasteiger partial charge >= 0.3 is 0 Å². The number of nitrogens with zero attached hydrogens (tertiary/aromatic N) is 4. The number of hydrogen-bond acceptors (Lipinski definition) is 9. The number of methoxy groups -OCH3 is 1. The molecule has 0 aliphatic rings. The van der Waals surface area contributed by atoms with E-state index in [1.54, 1.807) is 32.9 Å². The summed E-state index contributed by atoms with van der Waals surface area (Å²) in [4.78, 5) is 57.7. The van der Waals surface area contributed by atoms with Gasteiger partial charge in [-0.15, -0.1) is 0 Å². The molecule has 0 radical (unpaired) electrons. The van der Waals surface area contributed by atoms with E-state index in [2.05, 4.69) is 31.3 Å². The highest BCUT2D eigenvalue weighted by Crippen LogP contribution is 2.24. The lowest BCUT2D eigenvalue weighted by Crippen LogP contribution is -2.54. The number of carbonyl (C=O) groups excluding carboxylic acids is 4. The van der Waals surface area contributed by atoms with Crippen LogP contribution in [0.5, 0.6) is 5.75 Å². The first-order chi connectivity index (χ1) is 29.4. The first kappa shape index (κ1) is 48.1. The van der Waals surface area contributed by atoms with Gasteiger partial charge in [-0.2, -0.15) is 0 Å². The monoisotopic (exact) mass is 876 g/mol. The minimum atomic E-state index is -3.90. The summed E-state index contributed by atoms with van der Waals surface area (Å²) >= 11 is 0. The maximum absolute atomic E-state index is 14.2. The minimum absolute atomic E-state index is 0.0454. The smallest absolute Gasteiger partial charge is 0.251 e. The molecule has 0 saturated heterocycles. The van der Waals surface area contributed by atoms with Crippen LogP contribution in [0.1, 0.15) is 65.1 Å². The number of halogens is 2. The van der Waals surface area contributed by atoms with E-state index in [1.165, 1.54) is 32.4 Å². The van der Waals surface area contributed by atoms with Crippen molar-refractivity contribution in [1.82, 2.24) is 21.3 Å². The first-order valence-electron chi connectivity index (χ1n) is 19.4. The highest BCUT2D eigenvalue weighted by atomic mass is 32.2. The minimum Gasteiger partial charge on any atom is -0.491 e. The van der Waals surface area contributed by atoms with E-state index in [1.807, 2.05) is 48.5 Å². The SMILES string of the molecule is CO[C@H](CC(N=[N+]=[N-])[C@H](COc1cc(F)cc(F)c1)NC(=O)c1cc(C(=O)N[C@H](C)c2ccccc2)cc(N(C)S(C)(=O)=O)c1)C(=O)N[C@H](C(=O)NCc1ccccc1)C(C)C. The van der Waals surface area contributed by atoms with Crippen LogP contribution in [0, 0.1) is 17.6 Å². The molecule has 4 amide bonds. The molecule has 0 aliphatic heterocycles. The van der Waals surface area contributed by atoms with Gasteiger partial charge in [0.1, 0.15) is 36.1 Å². The molecule has 0 aliphatic carbocycles. The lowest BCUT2D eigenvalue weighted by atomic mass is 9.99. The zero-order valence-corrected chi connectivity index (χ0v) is 35.9. The molecule has 0 saturated carbocycles. The van der Waals surface area contributed by atoms with E-state index in [4.69, 9.17) is 9.47 Å². The molecular formula is C43H50F2N8O8S. The topological polar surface area (TPSA) is 221 Å². The van der Waals surface area contributed by atoms with Crippen molar-refractivity contribution in [1.29, 1.82) is 0 Å². The Balaban J connectivity index is 1.66. The Morgan fingerprint density at radius 2 is 1.40 bits per heavy atom. The lowest BCUT2D eigenvalue weighted by molar-refractivity contribution is -0.136. The summed E-state index contributed by atoms with van der Waals surface area (Å²) in [5, 5.41) is 14.8. The maximum Gasteiger partial charge on any atom is 0.251 e. The number of azide groups is 1. The molecule has 16 nitrogen and oxygen atoms in total. The fourth-order valence-corrected chi connectivity index (χ4v) is 6.70. The first-order valence-corrected chi connectivity index (χ1v) is 21.3. The number of sulfonamides is 1. The summed E-state index contributed by atoms with van der Waals surface area (Å²) in [5.74, 6) is -5.36. The molecule has 0 fully saturated rings. The van der Waals surface area contributed by atoms with Crippen molar-refractivity contribution in [2.75, 3.05) is 31.3 Å². The Morgan fingerprint density at radius 3 is 1.95 bits per heavy atom. The molecule has 4 N–H and O–H groups in total. The quantitative estimate of drug-likeness (QED) is 0.0470. The fourth-order valence-electron chi connectivity index (χ4n) is 6.21. The number of hydrogen-bond donors (Lipinski definition) is 4. The second kappa shape index (κ2) is 22.3. The average molecular weight is 877 g/mol. The number of ether oxygens (including phenoxy) is 2. The predicted molar refractivity (Wildman–Crippen MR) is 229 cm³/mol. The van der Waals surface area contributed by atoms with Gasteiger partial charge in [-0.05, 0) is 54.1 Å². The van der Waals surface area contributed by atoms with Crippen molar-refractivity contribution in [2.45, 2.75) is 64.0 Å². The standard InChI is InChI=1S/C43H50F2N8O8S/c1-26(2)39(43(57)47-24-28-13-9-7-10-14-28)50-42(56)38(60-5)23-36(51-52-46)37(25-61-35-21-32(44)20-33(45)22-35)49-41(55)31-17-30(18-34(19-31)53(4)62(6,58)59)40(54)48-27(3)29-15-11-8-12-16-29/h7-22,26-27,36-39H,23-25H2,1-6H3,(H,47,57)(H,48,54)(H,49,55)(H,50,56)/t27-,36?,37+,38-,39+/m1/s1. The Morgan fingerprint density at radius 1 is 0.823 bits per heavy atom. The maximum atomic E-state index is 14.2. The van der Waals surface area contributed by atoms with Crippen LogP contribution in [0.15, 0.2) is 102 Å². The summed E-state index contributed by atoms with van der Waals surface area (Å²) in [7, 11) is -1.45. The van der Waals surface area contributed by atoms with Gasteiger partial charge in [0.05, 0.1) is 30.1 Å². The van der Waals surface area contributed by atoms with Crippen molar-refractivity contribution in [3.8, 4) is 5.75 Å². The molecule has 0 heterocycles. The van der Waals surface area contributed by atoms with Crippen LogP contribution in [-0.2, 0) is 30.9 Å². The largest absolute Gasteiger partial charge is 0.491 e. The van der Waals surface area contributed by atoms with E-state index < -0.39 is 88.6 Å². The molecule has 19 heteroatoms. The Bertz CT molecular complexity index is 2330. The van der Waals surface area contributed by atoms with Crippen LogP contribution in [0.3, 0.4) is 0 Å². The predicted octanol–water partition coefficient (Wildman–Crippen LogP) is 5.57. The number of nitrogens with one attached hydrogen (secondary N) is 4. The van der Waals surface area contributed by atoms with Crippen LogP contribution in [0.2, 0.25) is 0 Å². The van der Waals surface area contributed by atoms with Crippen molar-refractivity contribution < 1.29 is 45.9 Å². The van der Waals surface area contributed by atoms with Gasteiger partial charge in [0.15, 0.2) is 0 Å². The third kappa shape index (κ3) is 14.0. The fraction of sp³-hybridized carbons (Fsp3) is 0.349. The molecule has 4 aromatic rings. The molecule has 0 aromatic heterocycles. The number of anilines is 1. The van der Waals surface area contributed by atoms with Crippen molar-refractivity contribution >= 4 is 39.3 Å². The molecule has 62 heavy (non-hydrogen) atoms. The second-order valence-corrected chi connectivity index (χ2v) is 16.8. The second-order valence-electron chi connectivity index (χ2n) is 14.8. The summed E-state index contributed by atoms with van der Waals surface area (Å²) < 4.78 is 65.6. The third-order valence-corrected chi connectivity index (χ3v) is 11.0. The van der Waals surface area contributed by atoms with E-state index >= 15 is 0 Å². The molecule has 4 aromatic carbocycles. The van der Waals surface area contributed by atoms with Crippen molar-refractivity contribution in [2.24, 2.45) is 11.0 Å². The molecule has 0 spiro atoms. The molecule has 0 bridgehead atoms. The van der Waals surface area contributed by atoms with Crippen molar-refractivity contribution in [3.63, 3.8) is 0 Å². The van der Waals surface area contributed by atoms with E-state index in [9.17, 15) is 41.9 Å². The summed E-state index contributed by atoms with van der Waals surface area (Å²) in [5.41, 5.74) is 11.0. The molecule has 1 unspecified atom stereocenters. The van der Waals surface area contributed by atoms with Gasteiger partial charge in [-0.1, -0.05) is 79.6 Å². The van der Waals surface area contributed by atoms with Crippen LogP contribution < -0.4 is 30.3 Å². The van der Waals surface area contributed by atoms with Crippen LogP contribution in [-0.4, -0.2) is 83.3 Å². The lowest BCUT2D eigenvalue weighted by Gasteiger charge is -2.29. The Labute approximate surface area is 359 Å². The Hall–Kier alpha value is -6.56. The molecule has 330 valence electrons. The van der Waals surface area contributed by atoms with Crippen molar-refractivity contribution in [3.05, 3.63) is 141 Å². The number of rotatable bonds is 21. The molecule has 4 rings (SSSR count). The number of amides is 4.